The molecule has 1 N–H and O–H groups in total. The minimum Gasteiger partial charge on any atom is -0.349 e. The summed E-state index contributed by atoms with van der Waals surface area (Å²) in [5.74, 6) is 0.387. The molecule has 5 nitrogen and oxygen atoms in total. The lowest BCUT2D eigenvalue weighted by atomic mass is 9.86. The molecule has 1 heterocycles. The van der Waals surface area contributed by atoms with Gasteiger partial charge in [0.1, 0.15) is 0 Å². The lowest BCUT2D eigenvalue weighted by Gasteiger charge is -2.29. The molecule has 0 bridgehead atoms. The van der Waals surface area contributed by atoms with Gasteiger partial charge >= 0.3 is 0 Å². The molecule has 26 heavy (non-hydrogen) atoms. The van der Waals surface area contributed by atoms with Crippen LogP contribution in [0.4, 0.5) is 0 Å². The highest BCUT2D eigenvalue weighted by Crippen LogP contribution is 2.24. The molecular formula is C20H30N2O3S. The van der Waals surface area contributed by atoms with Crippen molar-refractivity contribution in [2.75, 3.05) is 13.1 Å². The molecule has 144 valence electrons. The molecule has 1 aliphatic heterocycles. The van der Waals surface area contributed by atoms with E-state index in [1.165, 1.54) is 6.42 Å². The van der Waals surface area contributed by atoms with Crippen molar-refractivity contribution in [1.29, 1.82) is 0 Å². The topological polar surface area (TPSA) is 66.5 Å². The van der Waals surface area contributed by atoms with Crippen LogP contribution in [0.2, 0.25) is 0 Å². The highest BCUT2D eigenvalue weighted by Gasteiger charge is 2.26. The number of carbonyl (C=O) groups is 1. The van der Waals surface area contributed by atoms with Crippen LogP contribution in [0.15, 0.2) is 29.2 Å². The number of amides is 1. The Kier molecular flexibility index (Phi) is 6.35. The molecule has 1 aliphatic carbocycles. The molecule has 0 unspecified atom stereocenters. The summed E-state index contributed by atoms with van der Waals surface area (Å²) in [6.07, 6.45) is 8.57. The molecule has 0 spiro atoms. The van der Waals surface area contributed by atoms with Crippen molar-refractivity contribution in [2.45, 2.75) is 69.2 Å². The van der Waals surface area contributed by atoms with Gasteiger partial charge in [0.15, 0.2) is 0 Å². The van der Waals surface area contributed by atoms with Gasteiger partial charge in [-0.3, -0.25) is 4.79 Å². The molecule has 2 aliphatic rings. The standard InChI is InChI=1S/C20H30N2O3S/c1-16-8-4-5-9-19(16)21-20(23)17-10-12-18(13-11-17)26(24,25)22-14-6-2-3-7-15-22/h10-13,16,19H,2-9,14-15H2,1H3,(H,21,23)/t16-,19-/m1/s1. The zero-order valence-electron chi connectivity index (χ0n) is 15.6. The molecule has 0 aromatic heterocycles. The van der Waals surface area contributed by atoms with Gasteiger partial charge < -0.3 is 5.32 Å². The van der Waals surface area contributed by atoms with Gasteiger partial charge in [-0.2, -0.15) is 4.31 Å². The third-order valence-corrected chi connectivity index (χ3v) is 7.66. The molecule has 2 atom stereocenters. The molecule has 0 radical (unpaired) electrons. The third kappa shape index (κ3) is 4.46. The zero-order chi connectivity index (χ0) is 18.6. The van der Waals surface area contributed by atoms with E-state index in [4.69, 9.17) is 0 Å². The lowest BCUT2D eigenvalue weighted by Crippen LogP contribution is -2.41. The van der Waals surface area contributed by atoms with Crippen molar-refractivity contribution in [1.82, 2.24) is 9.62 Å². The van der Waals surface area contributed by atoms with E-state index in [1.54, 1.807) is 28.6 Å². The lowest BCUT2D eigenvalue weighted by molar-refractivity contribution is 0.0910. The first-order valence-electron chi connectivity index (χ1n) is 9.89. The van der Waals surface area contributed by atoms with E-state index < -0.39 is 10.0 Å². The van der Waals surface area contributed by atoms with Crippen LogP contribution < -0.4 is 5.32 Å². The summed E-state index contributed by atoms with van der Waals surface area (Å²) in [6, 6.07) is 6.62. The highest BCUT2D eigenvalue weighted by atomic mass is 32.2. The number of rotatable bonds is 4. The number of sulfonamides is 1. The Hall–Kier alpha value is -1.40. The Balaban J connectivity index is 1.68. The number of nitrogens with one attached hydrogen (secondary N) is 1. The summed E-state index contributed by atoms with van der Waals surface area (Å²) < 4.78 is 27.2. The Morgan fingerprint density at radius 1 is 0.962 bits per heavy atom. The summed E-state index contributed by atoms with van der Waals surface area (Å²) in [6.45, 7) is 3.36. The van der Waals surface area contributed by atoms with Crippen molar-refractivity contribution < 1.29 is 13.2 Å². The summed E-state index contributed by atoms with van der Waals surface area (Å²) in [7, 11) is -3.46. The van der Waals surface area contributed by atoms with Gasteiger partial charge in [0.2, 0.25) is 10.0 Å². The monoisotopic (exact) mass is 378 g/mol. The number of nitrogens with zero attached hydrogens (tertiary/aromatic N) is 1. The molecular weight excluding hydrogens is 348 g/mol. The van der Waals surface area contributed by atoms with Gasteiger partial charge in [-0.05, 0) is 55.9 Å². The van der Waals surface area contributed by atoms with Gasteiger partial charge in [0.05, 0.1) is 4.90 Å². The summed E-state index contributed by atoms with van der Waals surface area (Å²) in [4.78, 5) is 12.8. The molecule has 6 heteroatoms. The number of hydrogen-bond acceptors (Lipinski definition) is 3. The average molecular weight is 379 g/mol. The zero-order valence-corrected chi connectivity index (χ0v) is 16.4. The SMILES string of the molecule is C[C@@H]1CCCC[C@H]1NC(=O)c1ccc(S(=O)(=O)N2CCCCCC2)cc1. The summed E-state index contributed by atoms with van der Waals surface area (Å²) in [5, 5.41) is 3.12. The maximum absolute atomic E-state index is 12.8. The van der Waals surface area contributed by atoms with Gasteiger partial charge in [-0.25, -0.2) is 8.42 Å². The molecule has 3 rings (SSSR count). The van der Waals surface area contributed by atoms with Crippen molar-refractivity contribution in [3.8, 4) is 0 Å². The Bertz CT molecular complexity index is 707. The minimum atomic E-state index is -3.46. The molecule has 1 aromatic rings. The van der Waals surface area contributed by atoms with Crippen molar-refractivity contribution in [2.24, 2.45) is 5.92 Å². The van der Waals surface area contributed by atoms with Crippen LogP contribution in [0, 0.1) is 5.92 Å². The van der Waals surface area contributed by atoms with E-state index in [2.05, 4.69) is 12.2 Å². The second-order valence-corrected chi connectivity index (χ2v) is 9.62. The first-order chi connectivity index (χ1) is 12.5. The molecule has 2 fully saturated rings. The van der Waals surface area contributed by atoms with E-state index in [-0.39, 0.29) is 16.8 Å². The number of carbonyl (C=O) groups excluding carboxylic acids is 1. The fourth-order valence-corrected chi connectivity index (χ4v) is 5.51. The van der Waals surface area contributed by atoms with Crippen LogP contribution in [0.25, 0.3) is 0 Å². The second-order valence-electron chi connectivity index (χ2n) is 7.68. The van der Waals surface area contributed by atoms with Crippen molar-refractivity contribution in [3.63, 3.8) is 0 Å². The normalized spacial score (nSPS) is 25.4. The van der Waals surface area contributed by atoms with Gasteiger partial charge in [-0.1, -0.05) is 32.6 Å². The van der Waals surface area contributed by atoms with Crippen LogP contribution in [0.3, 0.4) is 0 Å². The van der Waals surface area contributed by atoms with Gasteiger partial charge in [-0.15, -0.1) is 0 Å². The molecule has 1 amide bonds. The van der Waals surface area contributed by atoms with Crippen LogP contribution in [-0.4, -0.2) is 37.8 Å². The average Bonchev–Trinajstić information content (AvgIpc) is 2.94. The fourth-order valence-electron chi connectivity index (χ4n) is 3.99. The van der Waals surface area contributed by atoms with Crippen LogP contribution in [0.1, 0.15) is 68.6 Å². The van der Waals surface area contributed by atoms with Gasteiger partial charge in [0, 0.05) is 24.7 Å². The quantitative estimate of drug-likeness (QED) is 0.871. The largest absolute Gasteiger partial charge is 0.349 e. The smallest absolute Gasteiger partial charge is 0.251 e. The highest BCUT2D eigenvalue weighted by molar-refractivity contribution is 7.89. The Labute approximate surface area is 157 Å². The van der Waals surface area contributed by atoms with E-state index in [9.17, 15) is 13.2 Å². The fraction of sp³-hybridized carbons (Fsp3) is 0.650. The Morgan fingerprint density at radius 3 is 2.19 bits per heavy atom. The van der Waals surface area contributed by atoms with E-state index >= 15 is 0 Å². The molecule has 1 saturated heterocycles. The van der Waals surface area contributed by atoms with E-state index in [1.807, 2.05) is 0 Å². The van der Waals surface area contributed by atoms with Crippen molar-refractivity contribution in [3.05, 3.63) is 29.8 Å². The number of benzene rings is 1. The molecule has 1 saturated carbocycles. The third-order valence-electron chi connectivity index (χ3n) is 5.75. The predicted molar refractivity (Wildman–Crippen MR) is 103 cm³/mol. The predicted octanol–water partition coefficient (Wildman–Crippen LogP) is 3.56. The summed E-state index contributed by atoms with van der Waals surface area (Å²) >= 11 is 0. The van der Waals surface area contributed by atoms with E-state index in [0.29, 0.717) is 24.6 Å². The van der Waals surface area contributed by atoms with E-state index in [0.717, 1.165) is 44.9 Å². The van der Waals surface area contributed by atoms with Gasteiger partial charge in [0.25, 0.3) is 5.91 Å². The first kappa shape index (κ1) is 19.4. The maximum Gasteiger partial charge on any atom is 0.251 e. The van der Waals surface area contributed by atoms with Crippen LogP contribution in [0.5, 0.6) is 0 Å². The first-order valence-corrected chi connectivity index (χ1v) is 11.3. The Morgan fingerprint density at radius 2 is 1.58 bits per heavy atom. The van der Waals surface area contributed by atoms with Crippen molar-refractivity contribution >= 4 is 15.9 Å². The second kappa shape index (κ2) is 8.53. The van der Waals surface area contributed by atoms with Crippen LogP contribution >= 0.6 is 0 Å². The maximum atomic E-state index is 12.8. The molecule has 1 aromatic carbocycles. The number of hydrogen-bond donors (Lipinski definition) is 1. The van der Waals surface area contributed by atoms with Crippen LogP contribution in [-0.2, 0) is 10.0 Å². The summed E-state index contributed by atoms with van der Waals surface area (Å²) in [5.41, 5.74) is 0.526. The minimum absolute atomic E-state index is 0.109.